The molecule has 0 radical (unpaired) electrons. The number of carbonyl (C=O) groups excluding carboxylic acids is 1. The van der Waals surface area contributed by atoms with E-state index in [0.29, 0.717) is 5.92 Å². The minimum absolute atomic E-state index is 0.0377. The van der Waals surface area contributed by atoms with Crippen molar-refractivity contribution in [3.05, 3.63) is 33.1 Å². The molecule has 1 amide bonds. The number of aromatic nitrogens is 1. The van der Waals surface area contributed by atoms with Crippen molar-refractivity contribution < 1.29 is 9.72 Å². The summed E-state index contributed by atoms with van der Waals surface area (Å²) in [6, 6.07) is 1.28. The maximum absolute atomic E-state index is 12.2. The van der Waals surface area contributed by atoms with Crippen molar-refractivity contribution in [3.63, 3.8) is 0 Å². The highest BCUT2D eigenvalue weighted by Gasteiger charge is 2.27. The smallest absolute Gasteiger partial charge is 0.300 e. The predicted molar refractivity (Wildman–Crippen MR) is 74.8 cm³/mol. The van der Waals surface area contributed by atoms with Gasteiger partial charge in [0.15, 0.2) is 0 Å². The van der Waals surface area contributed by atoms with E-state index in [1.165, 1.54) is 18.9 Å². The molecule has 108 valence electrons. The first kappa shape index (κ1) is 14.7. The van der Waals surface area contributed by atoms with Crippen LogP contribution in [0.25, 0.3) is 0 Å². The third kappa shape index (κ3) is 3.66. The molecule has 0 aromatic carbocycles. The Morgan fingerprint density at radius 3 is 2.90 bits per heavy atom. The molecule has 1 N–H and O–H groups in total. The first-order valence-electron chi connectivity index (χ1n) is 6.62. The van der Waals surface area contributed by atoms with E-state index < -0.39 is 10.8 Å². The van der Waals surface area contributed by atoms with Gasteiger partial charge in [0, 0.05) is 6.04 Å². The summed E-state index contributed by atoms with van der Waals surface area (Å²) in [4.78, 5) is 26.1. The number of nitro groups is 1. The van der Waals surface area contributed by atoms with Crippen LogP contribution in [0.3, 0.4) is 0 Å². The van der Waals surface area contributed by atoms with Crippen LogP contribution in [0.4, 0.5) is 5.69 Å². The van der Waals surface area contributed by atoms with E-state index >= 15 is 0 Å². The third-order valence-electron chi connectivity index (χ3n) is 3.43. The molecule has 0 aliphatic heterocycles. The van der Waals surface area contributed by atoms with Gasteiger partial charge >= 0.3 is 0 Å². The number of nitrogens with zero attached hydrogens (tertiary/aromatic N) is 2. The summed E-state index contributed by atoms with van der Waals surface area (Å²) in [5.74, 6) is 0.213. The van der Waals surface area contributed by atoms with Crippen molar-refractivity contribution in [3.8, 4) is 0 Å². The number of carbonyl (C=O) groups is 1. The highest BCUT2D eigenvalue weighted by atomic mass is 35.5. The van der Waals surface area contributed by atoms with Crippen molar-refractivity contribution in [2.75, 3.05) is 0 Å². The molecule has 0 saturated heterocycles. The number of hydrogen-bond donors (Lipinski definition) is 1. The van der Waals surface area contributed by atoms with Crippen LogP contribution in [-0.2, 0) is 0 Å². The molecule has 1 unspecified atom stereocenters. The molecular weight excluding hydrogens is 282 g/mol. The van der Waals surface area contributed by atoms with Crippen molar-refractivity contribution in [1.82, 2.24) is 10.3 Å². The fourth-order valence-corrected chi connectivity index (χ4v) is 2.25. The first-order chi connectivity index (χ1) is 9.51. The van der Waals surface area contributed by atoms with Gasteiger partial charge in [-0.2, -0.15) is 0 Å². The van der Waals surface area contributed by atoms with Crippen LogP contribution in [0.2, 0.25) is 5.15 Å². The van der Waals surface area contributed by atoms with Crippen LogP contribution < -0.4 is 5.32 Å². The lowest BCUT2D eigenvalue weighted by Crippen LogP contribution is -2.35. The van der Waals surface area contributed by atoms with Gasteiger partial charge in [-0.1, -0.05) is 31.4 Å². The minimum Gasteiger partial charge on any atom is -0.349 e. The minimum atomic E-state index is -0.625. The molecule has 6 nitrogen and oxygen atoms in total. The fraction of sp³-hybridized carbons (Fsp3) is 0.538. The number of hydrogen-bond acceptors (Lipinski definition) is 4. The van der Waals surface area contributed by atoms with Crippen LogP contribution in [-0.4, -0.2) is 21.9 Å². The highest BCUT2D eigenvalue weighted by molar-refractivity contribution is 6.29. The molecule has 7 heteroatoms. The molecule has 20 heavy (non-hydrogen) atoms. The summed E-state index contributed by atoms with van der Waals surface area (Å²) in [5.41, 5.74) is -0.363. The molecule has 1 saturated carbocycles. The molecule has 0 spiro atoms. The van der Waals surface area contributed by atoms with Crippen LogP contribution >= 0.6 is 11.6 Å². The fourth-order valence-electron chi connectivity index (χ4n) is 2.10. The SMILES string of the molecule is CCC(CC1CC1)NC(=O)c1cc(Cl)ncc1[N+](=O)[O-]. The van der Waals surface area contributed by atoms with Crippen LogP contribution in [0.5, 0.6) is 0 Å². The Morgan fingerprint density at radius 1 is 1.65 bits per heavy atom. The second kappa shape index (κ2) is 6.17. The maximum atomic E-state index is 12.2. The normalized spacial score (nSPS) is 15.7. The lowest BCUT2D eigenvalue weighted by Gasteiger charge is -2.16. The second-order valence-corrected chi connectivity index (χ2v) is 5.43. The van der Waals surface area contributed by atoms with Gasteiger partial charge in [0.1, 0.15) is 16.9 Å². The van der Waals surface area contributed by atoms with E-state index in [4.69, 9.17) is 11.6 Å². The first-order valence-corrected chi connectivity index (χ1v) is 6.99. The quantitative estimate of drug-likeness (QED) is 0.497. The summed E-state index contributed by atoms with van der Waals surface area (Å²) < 4.78 is 0. The Morgan fingerprint density at radius 2 is 2.35 bits per heavy atom. The van der Waals surface area contributed by atoms with Gasteiger partial charge in [-0.25, -0.2) is 4.98 Å². The largest absolute Gasteiger partial charge is 0.349 e. The van der Waals surface area contributed by atoms with E-state index in [1.54, 1.807) is 0 Å². The van der Waals surface area contributed by atoms with Gasteiger partial charge in [-0.3, -0.25) is 14.9 Å². The van der Waals surface area contributed by atoms with Crippen LogP contribution in [0.1, 0.15) is 43.0 Å². The Kier molecular flexibility index (Phi) is 4.54. The average Bonchev–Trinajstić information content (AvgIpc) is 3.21. The Labute approximate surface area is 121 Å². The Bertz CT molecular complexity index is 532. The molecule has 1 atom stereocenters. The zero-order valence-corrected chi connectivity index (χ0v) is 11.9. The number of pyridine rings is 1. The van der Waals surface area contributed by atoms with E-state index in [9.17, 15) is 14.9 Å². The molecule has 1 aliphatic rings. The van der Waals surface area contributed by atoms with Crippen molar-refractivity contribution in [2.45, 2.75) is 38.6 Å². The summed E-state index contributed by atoms with van der Waals surface area (Å²) >= 11 is 5.72. The van der Waals surface area contributed by atoms with Gasteiger partial charge in [0.25, 0.3) is 11.6 Å². The topological polar surface area (TPSA) is 85.1 Å². The second-order valence-electron chi connectivity index (χ2n) is 5.04. The van der Waals surface area contributed by atoms with E-state index in [1.807, 2.05) is 6.92 Å². The van der Waals surface area contributed by atoms with Crippen molar-refractivity contribution >= 4 is 23.2 Å². The van der Waals surface area contributed by atoms with E-state index in [2.05, 4.69) is 10.3 Å². The van der Waals surface area contributed by atoms with Crippen LogP contribution in [0, 0.1) is 16.0 Å². The number of halogens is 1. The van der Waals surface area contributed by atoms with Gasteiger partial charge in [0.2, 0.25) is 0 Å². The molecule has 1 aromatic rings. The van der Waals surface area contributed by atoms with Gasteiger partial charge in [-0.05, 0) is 24.8 Å². The van der Waals surface area contributed by atoms with Gasteiger partial charge in [-0.15, -0.1) is 0 Å². The lowest BCUT2D eigenvalue weighted by molar-refractivity contribution is -0.385. The average molecular weight is 298 g/mol. The van der Waals surface area contributed by atoms with Crippen molar-refractivity contribution in [2.24, 2.45) is 5.92 Å². The van der Waals surface area contributed by atoms with E-state index in [-0.39, 0.29) is 22.4 Å². The zero-order chi connectivity index (χ0) is 14.7. The summed E-state index contributed by atoms with van der Waals surface area (Å²) in [5, 5.41) is 13.8. The van der Waals surface area contributed by atoms with Gasteiger partial charge < -0.3 is 5.32 Å². The molecule has 0 bridgehead atoms. The third-order valence-corrected chi connectivity index (χ3v) is 3.64. The standard InChI is InChI=1S/C13H16ClN3O3/c1-2-9(5-8-3-4-8)16-13(18)10-6-12(14)15-7-11(10)17(19)20/h6-9H,2-5H2,1H3,(H,16,18). The molecular formula is C13H16ClN3O3. The van der Waals surface area contributed by atoms with Crippen LogP contribution in [0.15, 0.2) is 12.3 Å². The number of amides is 1. The van der Waals surface area contributed by atoms with E-state index in [0.717, 1.165) is 19.0 Å². The monoisotopic (exact) mass is 297 g/mol. The Balaban J connectivity index is 2.14. The zero-order valence-electron chi connectivity index (χ0n) is 11.1. The Hall–Kier alpha value is -1.69. The number of nitrogens with one attached hydrogen (secondary N) is 1. The summed E-state index contributed by atoms with van der Waals surface area (Å²) in [7, 11) is 0. The molecule has 1 aromatic heterocycles. The maximum Gasteiger partial charge on any atom is 0.300 e. The summed E-state index contributed by atoms with van der Waals surface area (Å²) in [6.45, 7) is 1.99. The molecule has 1 heterocycles. The lowest BCUT2D eigenvalue weighted by atomic mass is 10.1. The summed E-state index contributed by atoms with van der Waals surface area (Å²) in [6.07, 6.45) is 5.14. The van der Waals surface area contributed by atoms with Gasteiger partial charge in [0.05, 0.1) is 4.92 Å². The van der Waals surface area contributed by atoms with Crippen molar-refractivity contribution in [1.29, 1.82) is 0 Å². The molecule has 1 fully saturated rings. The number of rotatable bonds is 6. The molecule has 1 aliphatic carbocycles. The molecule has 2 rings (SSSR count). The highest BCUT2D eigenvalue weighted by Crippen LogP contribution is 2.34. The predicted octanol–water partition coefficient (Wildman–Crippen LogP) is 2.95.